The van der Waals surface area contributed by atoms with Crippen LogP contribution in [-0.4, -0.2) is 27.8 Å². The quantitative estimate of drug-likeness (QED) is 0.229. The summed E-state index contributed by atoms with van der Waals surface area (Å²) in [6, 6.07) is 0. The minimum absolute atomic E-state index is 0.0417. The van der Waals surface area contributed by atoms with Crippen LogP contribution in [0.25, 0.3) is 0 Å². The largest absolute Gasteiger partial charge is 0.369 e. The second-order valence-corrected chi connectivity index (χ2v) is 0.898. The van der Waals surface area contributed by atoms with Crippen molar-refractivity contribution in [2.24, 2.45) is 0 Å². The van der Waals surface area contributed by atoms with Crippen LogP contribution in [0.5, 0.6) is 0 Å². The Morgan fingerprint density at radius 1 is 1.43 bits per heavy atom. The summed E-state index contributed by atoms with van der Waals surface area (Å²) < 4.78 is 0. The van der Waals surface area contributed by atoms with Gasteiger partial charge in [0, 0.05) is 0 Å². The summed E-state index contributed by atoms with van der Waals surface area (Å²) in [6.07, 6.45) is -3.11. The number of amides is 1. The third kappa shape index (κ3) is 5.35. The van der Waals surface area contributed by atoms with Gasteiger partial charge in [0.05, 0.1) is 0 Å². The molecule has 0 saturated carbocycles. The van der Waals surface area contributed by atoms with Gasteiger partial charge in [0.25, 0.3) is 0 Å². The molecule has 0 radical (unpaired) electrons. The Bertz CT molecular complexity index is 64.6. The van der Waals surface area contributed by atoms with Gasteiger partial charge >= 0.3 is 6.10 Å². The van der Waals surface area contributed by atoms with Gasteiger partial charge in [-0.15, -0.1) is 0 Å². The van der Waals surface area contributed by atoms with E-state index in [4.69, 9.17) is 15.3 Å². The van der Waals surface area contributed by atoms with Crippen LogP contribution in [-0.2, 0) is 4.79 Å². The molecule has 0 aromatic carbocycles. The molecule has 5 heteroatoms. The van der Waals surface area contributed by atoms with Gasteiger partial charge in [-0.3, -0.25) is 10.1 Å². The summed E-state index contributed by atoms with van der Waals surface area (Å²) in [6.45, 7) is 0. The number of nitrogens with one attached hydrogen (secondary N) is 1. The summed E-state index contributed by atoms with van der Waals surface area (Å²) in [5.74, 6) is 0. The van der Waals surface area contributed by atoms with Crippen LogP contribution >= 0.6 is 0 Å². The van der Waals surface area contributed by atoms with Gasteiger partial charge < -0.3 is 15.3 Å². The number of hydrogen-bond acceptors (Lipinski definition) is 4. The van der Waals surface area contributed by atoms with E-state index in [0.29, 0.717) is 0 Å². The molecule has 0 bridgehead atoms. The van der Waals surface area contributed by atoms with Crippen molar-refractivity contribution in [1.82, 2.24) is 5.32 Å². The summed E-state index contributed by atoms with van der Waals surface area (Å²) in [5.41, 5.74) is 0. The van der Waals surface area contributed by atoms with Crippen LogP contribution in [0.15, 0.2) is 0 Å². The highest BCUT2D eigenvalue weighted by atomic mass is 16.7. The SMILES string of the molecule is O=CNC(O)(O)O. The third-order valence-corrected chi connectivity index (χ3v) is 0.253. The molecule has 0 spiro atoms. The van der Waals surface area contributed by atoms with Gasteiger partial charge in [0.15, 0.2) is 0 Å². The molecule has 5 nitrogen and oxygen atoms in total. The zero-order valence-corrected chi connectivity index (χ0v) is 3.33. The van der Waals surface area contributed by atoms with E-state index in [1.165, 1.54) is 5.32 Å². The van der Waals surface area contributed by atoms with Crippen LogP contribution in [0.2, 0.25) is 0 Å². The van der Waals surface area contributed by atoms with Crippen molar-refractivity contribution in [3.05, 3.63) is 0 Å². The molecule has 0 aromatic rings. The van der Waals surface area contributed by atoms with Crippen LogP contribution in [0, 0.1) is 0 Å². The molecule has 0 atom stereocenters. The van der Waals surface area contributed by atoms with Crippen LogP contribution < -0.4 is 5.32 Å². The molecule has 4 N–H and O–H groups in total. The molecular formula is C2H5NO4. The smallest absolute Gasteiger partial charge is 0.325 e. The van der Waals surface area contributed by atoms with Crippen LogP contribution in [0.3, 0.4) is 0 Å². The fourth-order valence-electron chi connectivity index (χ4n) is 0.0791. The fraction of sp³-hybridized carbons (Fsp3) is 0.500. The molecule has 0 heterocycles. The molecule has 0 fully saturated rings. The Balaban J connectivity index is 3.34. The Morgan fingerprint density at radius 3 is 1.86 bits per heavy atom. The Morgan fingerprint density at radius 2 is 1.86 bits per heavy atom. The predicted octanol–water partition coefficient (Wildman–Crippen LogP) is -2.68. The first-order valence-corrected chi connectivity index (χ1v) is 1.45. The first-order chi connectivity index (χ1) is 3.06. The number of carbonyl (C=O) groups excluding carboxylic acids is 1. The van der Waals surface area contributed by atoms with E-state index in [2.05, 4.69) is 0 Å². The summed E-state index contributed by atoms with van der Waals surface area (Å²) in [5, 5.41) is 24.6. The highest BCUT2D eigenvalue weighted by Gasteiger charge is 2.14. The topological polar surface area (TPSA) is 89.8 Å². The van der Waals surface area contributed by atoms with Crippen molar-refractivity contribution in [1.29, 1.82) is 0 Å². The van der Waals surface area contributed by atoms with E-state index in [9.17, 15) is 4.79 Å². The molecule has 0 aromatic heterocycles. The minimum Gasteiger partial charge on any atom is -0.325 e. The van der Waals surface area contributed by atoms with Gasteiger partial charge in [-0.2, -0.15) is 0 Å². The van der Waals surface area contributed by atoms with E-state index in [1.54, 1.807) is 0 Å². The van der Waals surface area contributed by atoms with Crippen molar-refractivity contribution < 1.29 is 20.1 Å². The maximum atomic E-state index is 9.23. The standard InChI is InChI=1S/C2H5NO4/c4-1-3-2(5,6)7/h1,5-7H,(H,3,4). The summed E-state index contributed by atoms with van der Waals surface area (Å²) in [4.78, 5) is 9.23. The van der Waals surface area contributed by atoms with Crippen molar-refractivity contribution in [2.75, 3.05) is 0 Å². The number of hydrogen-bond donors (Lipinski definition) is 4. The van der Waals surface area contributed by atoms with Crippen molar-refractivity contribution in [3.8, 4) is 0 Å². The maximum absolute atomic E-state index is 9.23. The number of carbonyl (C=O) groups is 1. The lowest BCUT2D eigenvalue weighted by Gasteiger charge is -2.09. The first-order valence-electron chi connectivity index (χ1n) is 1.45. The van der Waals surface area contributed by atoms with E-state index in [1.807, 2.05) is 0 Å². The predicted molar refractivity (Wildman–Crippen MR) is 18.6 cm³/mol. The number of rotatable bonds is 2. The zero-order chi connectivity index (χ0) is 5.91. The van der Waals surface area contributed by atoms with Crippen molar-refractivity contribution >= 4 is 6.41 Å². The lowest BCUT2D eigenvalue weighted by Crippen LogP contribution is -2.43. The first kappa shape index (κ1) is 6.35. The maximum Gasteiger partial charge on any atom is 0.369 e. The number of aliphatic hydroxyl groups is 3. The van der Waals surface area contributed by atoms with Gasteiger partial charge in [-0.25, -0.2) is 0 Å². The van der Waals surface area contributed by atoms with Gasteiger partial charge in [0.1, 0.15) is 0 Å². The van der Waals surface area contributed by atoms with Gasteiger partial charge in [0.2, 0.25) is 6.41 Å². The Labute approximate surface area is 39.2 Å². The summed E-state index contributed by atoms with van der Waals surface area (Å²) >= 11 is 0. The van der Waals surface area contributed by atoms with E-state index in [-0.39, 0.29) is 6.41 Å². The van der Waals surface area contributed by atoms with Crippen LogP contribution in [0.4, 0.5) is 0 Å². The average molecular weight is 107 g/mol. The fourth-order valence-corrected chi connectivity index (χ4v) is 0.0791. The zero-order valence-electron chi connectivity index (χ0n) is 3.33. The Kier molecular flexibility index (Phi) is 1.70. The molecule has 0 unspecified atom stereocenters. The normalized spacial score (nSPS) is 10.7. The highest BCUT2D eigenvalue weighted by Crippen LogP contribution is 1.77. The summed E-state index contributed by atoms with van der Waals surface area (Å²) in [7, 11) is 0. The molecule has 7 heavy (non-hydrogen) atoms. The molecular weight excluding hydrogens is 102 g/mol. The lowest BCUT2D eigenvalue weighted by atomic mass is 10.9. The highest BCUT2D eigenvalue weighted by molar-refractivity contribution is 5.46. The third-order valence-electron chi connectivity index (χ3n) is 0.253. The molecule has 0 rings (SSSR count). The lowest BCUT2D eigenvalue weighted by molar-refractivity contribution is -0.324. The molecule has 1 amide bonds. The van der Waals surface area contributed by atoms with Gasteiger partial charge in [-0.05, 0) is 0 Å². The average Bonchev–Trinajstić information content (AvgIpc) is 1.30. The van der Waals surface area contributed by atoms with E-state index in [0.717, 1.165) is 0 Å². The van der Waals surface area contributed by atoms with E-state index < -0.39 is 6.10 Å². The molecule has 0 aliphatic carbocycles. The minimum atomic E-state index is -3.07. The molecule has 0 aliphatic heterocycles. The van der Waals surface area contributed by atoms with Crippen LogP contribution in [0.1, 0.15) is 0 Å². The second-order valence-electron chi connectivity index (χ2n) is 0.898. The molecule has 42 valence electrons. The van der Waals surface area contributed by atoms with Crippen molar-refractivity contribution in [2.45, 2.75) is 6.10 Å². The van der Waals surface area contributed by atoms with E-state index >= 15 is 0 Å². The Hall–Kier alpha value is -0.650. The molecule has 0 aliphatic rings. The van der Waals surface area contributed by atoms with Gasteiger partial charge in [-0.1, -0.05) is 0 Å². The monoisotopic (exact) mass is 107 g/mol. The van der Waals surface area contributed by atoms with Crippen molar-refractivity contribution in [3.63, 3.8) is 0 Å². The molecule has 0 saturated heterocycles. The second kappa shape index (κ2) is 1.87.